The Morgan fingerprint density at radius 2 is 1.61 bits per heavy atom. The topological polar surface area (TPSA) is 109 Å². The molecule has 2 aliphatic rings. The van der Waals surface area contributed by atoms with Gasteiger partial charge in [-0.05, 0) is 41.1 Å². The summed E-state index contributed by atoms with van der Waals surface area (Å²) >= 11 is 1.81. The number of hydrogen-bond acceptors (Lipinski definition) is 7. The van der Waals surface area contributed by atoms with Crippen molar-refractivity contribution in [3.05, 3.63) is 117 Å². The highest BCUT2D eigenvalue weighted by molar-refractivity contribution is 8.00. The van der Waals surface area contributed by atoms with Crippen LogP contribution in [0.15, 0.2) is 101 Å². The molecule has 13 heteroatoms. The van der Waals surface area contributed by atoms with Gasteiger partial charge < -0.3 is 15.0 Å². The van der Waals surface area contributed by atoms with E-state index in [0.29, 0.717) is 26.1 Å². The van der Waals surface area contributed by atoms with Crippen molar-refractivity contribution in [2.45, 2.75) is 22.4 Å². The quantitative estimate of drug-likeness (QED) is 0.203. The van der Waals surface area contributed by atoms with Crippen LogP contribution < -0.4 is 19.8 Å². The molecule has 3 amide bonds. The molecule has 7 rings (SSSR count). The number of amides is 3. The fourth-order valence-electron chi connectivity index (χ4n) is 5.97. The summed E-state index contributed by atoms with van der Waals surface area (Å²) in [6.45, 7) is -0.395. The zero-order valence-corrected chi connectivity index (χ0v) is 25.2. The van der Waals surface area contributed by atoms with Crippen LogP contribution in [0.2, 0.25) is 0 Å². The minimum atomic E-state index is -4.81. The van der Waals surface area contributed by atoms with Crippen LogP contribution in [0.1, 0.15) is 21.9 Å². The highest BCUT2D eigenvalue weighted by Crippen LogP contribution is 2.55. The number of alkyl halides is 3. The summed E-state index contributed by atoms with van der Waals surface area (Å²) < 4.78 is 47.8. The summed E-state index contributed by atoms with van der Waals surface area (Å²) in [6, 6.07) is 24.2. The first-order chi connectivity index (χ1) is 22.1. The summed E-state index contributed by atoms with van der Waals surface area (Å²) in [6.07, 6.45) is -4.81. The molecule has 232 valence electrons. The molecular formula is C33H22F3N3O5S2. The number of H-pyrrole nitrogens is 1. The van der Waals surface area contributed by atoms with Gasteiger partial charge in [0.25, 0.3) is 5.91 Å². The third-order valence-electron chi connectivity index (χ3n) is 7.92. The van der Waals surface area contributed by atoms with E-state index < -0.39 is 63.7 Å². The zero-order chi connectivity index (χ0) is 32.2. The van der Waals surface area contributed by atoms with E-state index in [2.05, 4.69) is 10.3 Å². The summed E-state index contributed by atoms with van der Waals surface area (Å²) in [5.41, 5.74) is -0.671. The standard InChI is InChI=1S/C33H22F3N3O5S2/c34-33(35,36)21-10-4-5-11-22(21)39-30(41)26-25(27-29(38-32(43)46-27)45-28(26)31(39)42)20-9-3-6-12-23(20)44-16-24(40)37-19-14-13-17-7-1-2-8-18(17)15-19/h1-15,25-26,28H,16H2,(H,37,40)(H,38,43)/t25-,26-,28+/m0/s1. The lowest BCUT2D eigenvalue weighted by Gasteiger charge is -2.30. The first-order valence-corrected chi connectivity index (χ1v) is 15.7. The van der Waals surface area contributed by atoms with Crippen molar-refractivity contribution in [1.29, 1.82) is 0 Å². The second-order valence-corrected chi connectivity index (χ2v) is 12.9. The number of carbonyl (C=O) groups excluding carboxylic acids is 3. The van der Waals surface area contributed by atoms with Crippen molar-refractivity contribution in [3.8, 4) is 5.75 Å². The number of nitrogens with one attached hydrogen (secondary N) is 2. The Morgan fingerprint density at radius 3 is 2.41 bits per heavy atom. The van der Waals surface area contributed by atoms with Gasteiger partial charge >= 0.3 is 11.0 Å². The highest BCUT2D eigenvalue weighted by Gasteiger charge is 2.57. The minimum Gasteiger partial charge on any atom is -0.483 e. The molecule has 2 aliphatic heterocycles. The molecule has 0 spiro atoms. The molecule has 0 aliphatic carbocycles. The Kier molecular flexibility index (Phi) is 7.44. The smallest absolute Gasteiger partial charge is 0.418 e. The predicted octanol–water partition coefficient (Wildman–Crippen LogP) is 6.42. The molecule has 46 heavy (non-hydrogen) atoms. The number of nitrogens with zero attached hydrogens (tertiary/aromatic N) is 1. The fourth-order valence-corrected chi connectivity index (χ4v) is 8.48. The van der Waals surface area contributed by atoms with E-state index in [9.17, 15) is 32.3 Å². The van der Waals surface area contributed by atoms with Crippen LogP contribution in [0, 0.1) is 5.92 Å². The van der Waals surface area contributed by atoms with E-state index >= 15 is 0 Å². The number of anilines is 2. The number of halogens is 3. The lowest BCUT2D eigenvalue weighted by atomic mass is 9.82. The molecule has 0 bridgehead atoms. The van der Waals surface area contributed by atoms with Gasteiger partial charge in [0, 0.05) is 22.0 Å². The van der Waals surface area contributed by atoms with Gasteiger partial charge in [0.05, 0.1) is 22.2 Å². The van der Waals surface area contributed by atoms with Gasteiger partial charge in [-0.2, -0.15) is 13.2 Å². The Labute approximate surface area is 267 Å². The third kappa shape index (κ3) is 5.24. The number of carbonyl (C=O) groups is 3. The van der Waals surface area contributed by atoms with Gasteiger partial charge in [-0.25, -0.2) is 4.90 Å². The number of rotatable bonds is 6. The summed E-state index contributed by atoms with van der Waals surface area (Å²) in [5, 5.41) is 4.01. The Morgan fingerprint density at radius 1 is 0.891 bits per heavy atom. The third-order valence-corrected chi connectivity index (χ3v) is 10.3. The van der Waals surface area contributed by atoms with Gasteiger partial charge in [-0.1, -0.05) is 83.8 Å². The van der Waals surface area contributed by atoms with Crippen molar-refractivity contribution >= 4 is 63.0 Å². The lowest BCUT2D eigenvalue weighted by molar-refractivity contribution is -0.137. The number of para-hydroxylation sites is 2. The van der Waals surface area contributed by atoms with Crippen LogP contribution in [-0.2, 0) is 20.6 Å². The molecule has 1 aromatic heterocycles. The van der Waals surface area contributed by atoms with Gasteiger partial charge in [0.15, 0.2) is 6.61 Å². The first-order valence-electron chi connectivity index (χ1n) is 14.0. The Bertz CT molecular complexity index is 2090. The number of benzene rings is 4. The van der Waals surface area contributed by atoms with Crippen LogP contribution in [0.5, 0.6) is 5.75 Å². The van der Waals surface area contributed by atoms with E-state index in [0.717, 1.165) is 46.0 Å². The highest BCUT2D eigenvalue weighted by atomic mass is 32.2. The van der Waals surface area contributed by atoms with Crippen LogP contribution >= 0.6 is 23.1 Å². The number of imide groups is 1. The molecule has 0 unspecified atom stereocenters. The molecule has 2 N–H and O–H groups in total. The molecule has 0 radical (unpaired) electrons. The second-order valence-electron chi connectivity index (χ2n) is 10.7. The number of thiazole rings is 1. The normalized spacial score (nSPS) is 19.2. The number of aromatic nitrogens is 1. The molecular weight excluding hydrogens is 640 g/mol. The molecule has 3 heterocycles. The van der Waals surface area contributed by atoms with Crippen LogP contribution in [0.25, 0.3) is 10.8 Å². The SMILES string of the molecule is O=C(COc1ccccc1[C@@H]1c2sc(=O)[nH]c2S[C@H]2C(=O)N(c3ccccc3C(F)(F)F)C(=O)[C@@H]12)Nc1ccc2ccccc2c1. The molecule has 3 atom stereocenters. The Balaban J connectivity index is 1.21. The van der Waals surface area contributed by atoms with Crippen molar-refractivity contribution in [3.63, 3.8) is 0 Å². The Hall–Kier alpha value is -4.88. The summed E-state index contributed by atoms with van der Waals surface area (Å²) in [4.78, 5) is 56.5. The number of fused-ring (bicyclic) bond motifs is 3. The molecule has 1 saturated heterocycles. The number of ether oxygens (including phenoxy) is 1. The average molecular weight is 662 g/mol. The monoisotopic (exact) mass is 661 g/mol. The predicted molar refractivity (Wildman–Crippen MR) is 168 cm³/mol. The maximum absolute atomic E-state index is 14.0. The van der Waals surface area contributed by atoms with Crippen LogP contribution in [0.3, 0.4) is 0 Å². The molecule has 0 saturated carbocycles. The van der Waals surface area contributed by atoms with Crippen molar-refractivity contribution in [2.24, 2.45) is 5.92 Å². The number of thioether (sulfide) groups is 1. The van der Waals surface area contributed by atoms with E-state index in [1.807, 2.05) is 36.4 Å². The van der Waals surface area contributed by atoms with Gasteiger partial charge in [0.2, 0.25) is 11.8 Å². The largest absolute Gasteiger partial charge is 0.483 e. The van der Waals surface area contributed by atoms with Crippen LogP contribution in [-0.4, -0.2) is 34.6 Å². The average Bonchev–Trinajstić information content (AvgIpc) is 3.53. The van der Waals surface area contributed by atoms with Gasteiger partial charge in [-0.3, -0.25) is 19.2 Å². The fraction of sp³-hybridized carbons (Fsp3) is 0.152. The summed E-state index contributed by atoms with van der Waals surface area (Å²) in [7, 11) is 0. The van der Waals surface area contributed by atoms with Crippen molar-refractivity contribution < 1.29 is 32.3 Å². The van der Waals surface area contributed by atoms with Crippen molar-refractivity contribution in [2.75, 3.05) is 16.8 Å². The maximum Gasteiger partial charge on any atom is 0.418 e. The van der Waals surface area contributed by atoms with Gasteiger partial charge in [-0.15, -0.1) is 0 Å². The minimum absolute atomic E-state index is 0.230. The van der Waals surface area contributed by atoms with E-state index in [1.165, 1.54) is 12.1 Å². The molecule has 1 fully saturated rings. The molecule has 5 aromatic rings. The second kappa shape index (κ2) is 11.5. The van der Waals surface area contributed by atoms with Crippen LogP contribution in [0.4, 0.5) is 24.5 Å². The molecule has 4 aromatic carbocycles. The maximum atomic E-state index is 14.0. The number of hydrogen-bond donors (Lipinski definition) is 2. The first kappa shape index (κ1) is 29.8. The van der Waals surface area contributed by atoms with E-state index in [-0.39, 0.29) is 5.75 Å². The lowest BCUT2D eigenvalue weighted by Crippen LogP contribution is -2.33. The molecule has 8 nitrogen and oxygen atoms in total. The van der Waals surface area contributed by atoms with E-state index in [1.54, 1.807) is 30.3 Å². The van der Waals surface area contributed by atoms with Gasteiger partial charge in [0.1, 0.15) is 11.0 Å². The van der Waals surface area contributed by atoms with E-state index in [4.69, 9.17) is 4.74 Å². The zero-order valence-electron chi connectivity index (χ0n) is 23.5. The van der Waals surface area contributed by atoms with Crippen molar-refractivity contribution in [1.82, 2.24) is 4.98 Å². The number of aromatic amines is 1. The summed E-state index contributed by atoms with van der Waals surface area (Å²) in [5.74, 6) is -3.91.